The van der Waals surface area contributed by atoms with Crippen LogP contribution in [0.4, 0.5) is 4.79 Å². The third kappa shape index (κ3) is 1.26. The lowest BCUT2D eigenvalue weighted by Gasteiger charge is -2.09. The Morgan fingerprint density at radius 3 is 3.00 bits per heavy atom. The summed E-state index contributed by atoms with van der Waals surface area (Å²) < 4.78 is 0. The minimum atomic E-state index is -0.348. The summed E-state index contributed by atoms with van der Waals surface area (Å²) in [6.45, 7) is 0.926. The first-order valence-corrected chi connectivity index (χ1v) is 3.88. The van der Waals surface area contributed by atoms with Crippen LogP contribution < -0.4 is 5.32 Å². The standard InChI is InChI=1S/C7H8N4O2/c12-6(5-1-2-9-10-5)11-4-3-8-7(11)13/h1-2H,3-4H2,(H,8,13)(H,9,10). The Kier molecular flexibility index (Phi) is 1.73. The monoisotopic (exact) mass is 180 g/mol. The van der Waals surface area contributed by atoms with E-state index < -0.39 is 0 Å². The highest BCUT2D eigenvalue weighted by Crippen LogP contribution is 2.03. The van der Waals surface area contributed by atoms with E-state index in [2.05, 4.69) is 15.5 Å². The van der Waals surface area contributed by atoms with E-state index in [4.69, 9.17) is 0 Å². The van der Waals surface area contributed by atoms with Gasteiger partial charge in [-0.1, -0.05) is 0 Å². The Bertz CT molecular complexity index is 332. The number of nitrogens with zero attached hydrogens (tertiary/aromatic N) is 2. The van der Waals surface area contributed by atoms with Gasteiger partial charge in [0.05, 0.1) is 0 Å². The van der Waals surface area contributed by atoms with Gasteiger partial charge in [-0.25, -0.2) is 4.79 Å². The van der Waals surface area contributed by atoms with Gasteiger partial charge < -0.3 is 5.32 Å². The molecule has 1 aromatic rings. The van der Waals surface area contributed by atoms with Gasteiger partial charge in [0, 0.05) is 19.3 Å². The first kappa shape index (κ1) is 7.78. The molecular formula is C7H8N4O2. The summed E-state index contributed by atoms with van der Waals surface area (Å²) in [7, 11) is 0. The van der Waals surface area contributed by atoms with Crippen LogP contribution in [0.25, 0.3) is 0 Å². The van der Waals surface area contributed by atoms with Crippen molar-refractivity contribution < 1.29 is 9.59 Å². The molecule has 0 atom stereocenters. The lowest BCUT2D eigenvalue weighted by Crippen LogP contribution is -2.34. The molecule has 0 bridgehead atoms. The van der Waals surface area contributed by atoms with Crippen molar-refractivity contribution in [2.75, 3.05) is 13.1 Å². The predicted octanol–water partition coefficient (Wildman–Crippen LogP) is -0.425. The van der Waals surface area contributed by atoms with Crippen molar-refractivity contribution in [3.63, 3.8) is 0 Å². The molecule has 0 aliphatic carbocycles. The molecule has 3 amide bonds. The lowest BCUT2D eigenvalue weighted by atomic mass is 10.4. The molecule has 1 fully saturated rings. The van der Waals surface area contributed by atoms with E-state index in [1.54, 1.807) is 0 Å². The van der Waals surface area contributed by atoms with Gasteiger partial charge in [0.25, 0.3) is 5.91 Å². The molecule has 6 nitrogen and oxygen atoms in total. The number of carbonyl (C=O) groups is 2. The van der Waals surface area contributed by atoms with Crippen molar-refractivity contribution in [3.8, 4) is 0 Å². The van der Waals surface area contributed by atoms with Gasteiger partial charge in [0.2, 0.25) is 0 Å². The highest BCUT2D eigenvalue weighted by atomic mass is 16.2. The first-order valence-electron chi connectivity index (χ1n) is 3.88. The smallest absolute Gasteiger partial charge is 0.324 e. The van der Waals surface area contributed by atoms with Crippen LogP contribution in [0.2, 0.25) is 0 Å². The Morgan fingerprint density at radius 2 is 2.46 bits per heavy atom. The molecule has 1 saturated heterocycles. The van der Waals surface area contributed by atoms with Crippen LogP contribution in [-0.4, -0.2) is 40.1 Å². The summed E-state index contributed by atoms with van der Waals surface area (Å²) in [6, 6.07) is 1.19. The Morgan fingerprint density at radius 1 is 1.62 bits per heavy atom. The van der Waals surface area contributed by atoms with E-state index in [-0.39, 0.29) is 11.9 Å². The van der Waals surface area contributed by atoms with Crippen molar-refractivity contribution in [2.24, 2.45) is 0 Å². The molecule has 1 aliphatic heterocycles. The maximum absolute atomic E-state index is 11.5. The molecule has 1 aliphatic rings. The van der Waals surface area contributed by atoms with Gasteiger partial charge in [0.15, 0.2) is 0 Å². The number of hydrogen-bond donors (Lipinski definition) is 2. The van der Waals surface area contributed by atoms with E-state index in [1.807, 2.05) is 0 Å². The second-order valence-electron chi connectivity index (χ2n) is 2.66. The zero-order chi connectivity index (χ0) is 9.26. The Hall–Kier alpha value is -1.85. The molecule has 0 unspecified atom stereocenters. The molecule has 13 heavy (non-hydrogen) atoms. The lowest BCUT2D eigenvalue weighted by molar-refractivity contribution is 0.0823. The van der Waals surface area contributed by atoms with E-state index in [0.717, 1.165) is 4.90 Å². The fourth-order valence-corrected chi connectivity index (χ4v) is 1.19. The summed E-state index contributed by atoms with van der Waals surface area (Å²) in [5, 5.41) is 8.69. The topological polar surface area (TPSA) is 78.1 Å². The van der Waals surface area contributed by atoms with E-state index >= 15 is 0 Å². The second kappa shape index (κ2) is 2.89. The van der Waals surface area contributed by atoms with E-state index in [1.165, 1.54) is 12.3 Å². The summed E-state index contributed by atoms with van der Waals surface area (Å²) in [6.07, 6.45) is 1.47. The number of carbonyl (C=O) groups excluding carboxylic acids is 2. The van der Waals surface area contributed by atoms with Crippen LogP contribution in [0, 0.1) is 0 Å². The number of nitrogens with one attached hydrogen (secondary N) is 2. The fourth-order valence-electron chi connectivity index (χ4n) is 1.19. The number of urea groups is 1. The minimum Gasteiger partial charge on any atom is -0.336 e. The molecule has 68 valence electrons. The van der Waals surface area contributed by atoms with Crippen LogP contribution in [0.5, 0.6) is 0 Å². The molecule has 0 aromatic carbocycles. The van der Waals surface area contributed by atoms with Crippen LogP contribution in [0.15, 0.2) is 12.3 Å². The Balaban J connectivity index is 2.18. The van der Waals surface area contributed by atoms with Crippen molar-refractivity contribution >= 4 is 11.9 Å². The molecule has 0 spiro atoms. The van der Waals surface area contributed by atoms with E-state index in [0.29, 0.717) is 18.8 Å². The van der Waals surface area contributed by atoms with Crippen molar-refractivity contribution in [3.05, 3.63) is 18.0 Å². The third-order valence-electron chi connectivity index (χ3n) is 1.83. The van der Waals surface area contributed by atoms with Gasteiger partial charge >= 0.3 is 6.03 Å². The number of rotatable bonds is 1. The molecular weight excluding hydrogens is 172 g/mol. The molecule has 2 rings (SSSR count). The number of aromatic amines is 1. The quantitative estimate of drug-likeness (QED) is 0.615. The zero-order valence-electron chi connectivity index (χ0n) is 6.78. The maximum atomic E-state index is 11.5. The zero-order valence-corrected chi connectivity index (χ0v) is 6.78. The number of imide groups is 1. The molecule has 2 heterocycles. The van der Waals surface area contributed by atoms with Crippen LogP contribution in [0.3, 0.4) is 0 Å². The Labute approximate surface area is 73.9 Å². The van der Waals surface area contributed by atoms with Gasteiger partial charge in [-0.2, -0.15) is 5.10 Å². The van der Waals surface area contributed by atoms with Gasteiger partial charge in [-0.05, 0) is 6.07 Å². The molecule has 6 heteroatoms. The largest absolute Gasteiger partial charge is 0.336 e. The first-order chi connectivity index (χ1) is 6.29. The van der Waals surface area contributed by atoms with Crippen LogP contribution >= 0.6 is 0 Å². The summed E-state index contributed by atoms with van der Waals surface area (Å²) in [5.41, 5.74) is 0.331. The molecule has 2 N–H and O–H groups in total. The number of H-pyrrole nitrogens is 1. The number of aromatic nitrogens is 2. The highest BCUT2D eigenvalue weighted by Gasteiger charge is 2.27. The van der Waals surface area contributed by atoms with Gasteiger partial charge in [0.1, 0.15) is 5.69 Å². The van der Waals surface area contributed by atoms with Gasteiger partial charge in [-0.15, -0.1) is 0 Å². The summed E-state index contributed by atoms with van der Waals surface area (Å²) >= 11 is 0. The molecule has 0 saturated carbocycles. The summed E-state index contributed by atoms with van der Waals surface area (Å²) in [5.74, 6) is -0.340. The average Bonchev–Trinajstić information content (AvgIpc) is 2.72. The van der Waals surface area contributed by atoms with Crippen LogP contribution in [0.1, 0.15) is 10.5 Å². The molecule has 0 radical (unpaired) electrons. The number of hydrogen-bond acceptors (Lipinski definition) is 3. The van der Waals surface area contributed by atoms with Gasteiger partial charge in [-0.3, -0.25) is 14.8 Å². The normalized spacial score (nSPS) is 16.0. The van der Waals surface area contributed by atoms with Crippen molar-refractivity contribution in [1.82, 2.24) is 20.4 Å². The third-order valence-corrected chi connectivity index (χ3v) is 1.83. The average molecular weight is 180 g/mol. The maximum Gasteiger partial charge on any atom is 0.324 e. The van der Waals surface area contributed by atoms with Crippen molar-refractivity contribution in [2.45, 2.75) is 0 Å². The second-order valence-corrected chi connectivity index (χ2v) is 2.66. The minimum absolute atomic E-state index is 0.331. The SMILES string of the molecule is O=C1NCCN1C(=O)c1ccn[nH]1. The molecule has 1 aromatic heterocycles. The summed E-state index contributed by atoms with van der Waals surface area (Å²) in [4.78, 5) is 23.7. The highest BCUT2D eigenvalue weighted by molar-refractivity contribution is 6.03. The number of amides is 3. The fraction of sp³-hybridized carbons (Fsp3) is 0.286. The van der Waals surface area contributed by atoms with Crippen molar-refractivity contribution in [1.29, 1.82) is 0 Å². The van der Waals surface area contributed by atoms with E-state index in [9.17, 15) is 9.59 Å². The van der Waals surface area contributed by atoms with Crippen LogP contribution in [-0.2, 0) is 0 Å². The predicted molar refractivity (Wildman–Crippen MR) is 43.0 cm³/mol.